The third kappa shape index (κ3) is 12.3. The summed E-state index contributed by atoms with van der Waals surface area (Å²) >= 11 is 0. The van der Waals surface area contributed by atoms with Crippen LogP contribution >= 0.6 is 0 Å². The van der Waals surface area contributed by atoms with Gasteiger partial charge >= 0.3 is 6.09 Å². The van der Waals surface area contributed by atoms with E-state index in [2.05, 4.69) is 35.2 Å². The van der Waals surface area contributed by atoms with E-state index < -0.39 is 30.0 Å². The van der Waals surface area contributed by atoms with Crippen LogP contribution in [0, 0.1) is 11.8 Å². The quantitative estimate of drug-likeness (QED) is 0.0429. The highest BCUT2D eigenvalue weighted by atomic mass is 16.7. The Morgan fingerprint density at radius 2 is 1.49 bits per heavy atom. The van der Waals surface area contributed by atoms with Crippen LogP contribution in [0.25, 0.3) is 11.1 Å². The van der Waals surface area contributed by atoms with Crippen molar-refractivity contribution < 1.29 is 57.1 Å². The van der Waals surface area contributed by atoms with E-state index in [1.807, 2.05) is 49.7 Å². The minimum Gasteiger partial charge on any atom is -0.493 e. The summed E-state index contributed by atoms with van der Waals surface area (Å²) in [5.74, 6) is 1.18. The highest BCUT2D eigenvalue weighted by Gasteiger charge is 2.34. The number of hydrogen-bond donors (Lipinski definition) is 3. The molecule has 4 unspecified atom stereocenters. The van der Waals surface area contributed by atoms with Gasteiger partial charge in [0.25, 0.3) is 5.91 Å². The number of nitrogens with one attached hydrogen (secondary N) is 3. The van der Waals surface area contributed by atoms with Crippen LogP contribution in [-0.4, -0.2) is 106 Å². The summed E-state index contributed by atoms with van der Waals surface area (Å²) in [5.41, 5.74) is 6.43. The van der Waals surface area contributed by atoms with Crippen LogP contribution in [-0.2, 0) is 14.3 Å². The summed E-state index contributed by atoms with van der Waals surface area (Å²) in [7, 11) is 3.02. The van der Waals surface area contributed by atoms with Crippen LogP contribution < -0.4 is 44.4 Å². The predicted molar refractivity (Wildman–Crippen MR) is 289 cm³/mol. The van der Waals surface area contributed by atoms with Crippen molar-refractivity contribution in [3.63, 3.8) is 0 Å². The highest BCUT2D eigenvalue weighted by molar-refractivity contribution is 6.13. The average molecular weight is 1040 g/mol. The molecule has 0 aliphatic carbocycles. The summed E-state index contributed by atoms with van der Waals surface area (Å²) in [6, 6.07) is 17.5. The van der Waals surface area contributed by atoms with Crippen LogP contribution in [0.5, 0.6) is 34.5 Å². The van der Waals surface area contributed by atoms with Gasteiger partial charge in [0.05, 0.1) is 56.0 Å². The standard InChI is InChI=1S/C58H62N6O12/c1-9-18-74-58(69)63-53(33(3)4)56(67)61-35(6)55(66)62-41-15-12-38(13-16-41)40-23-42-30-60-46-28-52(49(71-8)26-44(46)57(68)64(42)31-40)73-20-11-19-72-51-27-45-43(25-48(51)70-7)54(65)34(5)21-36(29-59-45)22-37(10-2)39-14-17-47-50(24-39)76-32-75-47/h9-10,12-17,24-31,33,35-36,42,53H,1,5,11,18-23,32H2,2-4,6-8H3,(H,61,67)(H,62,66)(H,63,69). The molecule has 0 radical (unpaired) electrons. The lowest BCUT2D eigenvalue weighted by Gasteiger charge is -2.23. The third-order valence-corrected chi connectivity index (χ3v) is 13.2. The molecular weight excluding hydrogens is 973 g/mol. The maximum atomic E-state index is 14.1. The number of nitrogens with zero attached hydrogens (tertiary/aromatic N) is 3. The van der Waals surface area contributed by atoms with E-state index in [0.29, 0.717) is 93.9 Å². The van der Waals surface area contributed by atoms with Gasteiger partial charge in [0, 0.05) is 55.2 Å². The smallest absolute Gasteiger partial charge is 0.408 e. The second-order valence-electron chi connectivity index (χ2n) is 18.8. The number of amides is 4. The minimum atomic E-state index is -0.921. The first-order valence-corrected chi connectivity index (χ1v) is 25.0. The predicted octanol–water partition coefficient (Wildman–Crippen LogP) is 9.59. The zero-order valence-electron chi connectivity index (χ0n) is 43.4. The van der Waals surface area contributed by atoms with E-state index in [-0.39, 0.29) is 56.2 Å². The summed E-state index contributed by atoms with van der Waals surface area (Å²) in [6.07, 6.45) is 10.2. The fourth-order valence-electron chi connectivity index (χ4n) is 9.07. The van der Waals surface area contributed by atoms with E-state index in [1.54, 1.807) is 68.3 Å². The number of Topliss-reactive ketones (excluding diaryl/α,β-unsaturated/α-hetero) is 1. The van der Waals surface area contributed by atoms with Gasteiger partial charge in [0.2, 0.25) is 18.6 Å². The SMILES string of the molecule is C=CCOC(=O)NC(C(=O)NC(C)C(=O)Nc1ccc(C2=CN3C(=O)c4cc(OC)c(OCCCOc5cc6c(cc5OC)C(=O)C(=C)CC(CC(=CC)c5ccc7c(c5)OCO7)C=N6)cc4N=CC3C2)cc1)C(C)C. The molecule has 4 heterocycles. The lowest BCUT2D eigenvalue weighted by atomic mass is 9.87. The van der Waals surface area contributed by atoms with Crippen molar-refractivity contribution in [3.8, 4) is 34.5 Å². The molecule has 4 aliphatic rings. The molecule has 4 aliphatic heterocycles. The number of ketones is 1. The number of carbonyl (C=O) groups is 5. The van der Waals surface area contributed by atoms with Crippen LogP contribution in [0.15, 0.2) is 114 Å². The van der Waals surface area contributed by atoms with E-state index in [4.69, 9.17) is 43.1 Å². The summed E-state index contributed by atoms with van der Waals surface area (Å²) in [4.78, 5) is 77.1. The molecule has 4 aromatic rings. The lowest BCUT2D eigenvalue weighted by molar-refractivity contribution is -0.128. The Labute approximate surface area is 441 Å². The Bertz CT molecular complexity index is 3050. The van der Waals surface area contributed by atoms with E-state index in [9.17, 15) is 24.0 Å². The van der Waals surface area contributed by atoms with Crippen LogP contribution in [0.4, 0.5) is 21.9 Å². The third-order valence-electron chi connectivity index (χ3n) is 13.2. The van der Waals surface area contributed by atoms with Gasteiger partial charge in [0.15, 0.2) is 40.3 Å². The molecule has 4 aromatic carbocycles. The van der Waals surface area contributed by atoms with Crippen LogP contribution in [0.3, 0.4) is 0 Å². The van der Waals surface area contributed by atoms with Gasteiger partial charge in [-0.15, -0.1) is 0 Å². The van der Waals surface area contributed by atoms with Crippen LogP contribution in [0.2, 0.25) is 0 Å². The monoisotopic (exact) mass is 1030 g/mol. The van der Waals surface area contributed by atoms with E-state index in [0.717, 1.165) is 22.3 Å². The first-order valence-electron chi connectivity index (χ1n) is 25.0. The number of hydrogen-bond acceptors (Lipinski definition) is 14. The number of fused-ring (bicyclic) bond motifs is 4. The molecular formula is C58H62N6O12. The first kappa shape index (κ1) is 53.6. The Balaban J connectivity index is 0.854. The molecule has 4 atom stereocenters. The van der Waals surface area contributed by atoms with Gasteiger partial charge in [-0.1, -0.05) is 57.4 Å². The number of aliphatic imine (C=N–C) groups is 2. The second kappa shape index (κ2) is 24.1. The summed E-state index contributed by atoms with van der Waals surface area (Å²) < 4.78 is 39.8. The molecule has 0 saturated carbocycles. The minimum absolute atomic E-state index is 0.00753. The maximum absolute atomic E-state index is 14.1. The number of ether oxygens (including phenoxy) is 7. The number of allylic oxidation sites excluding steroid dienone is 3. The zero-order chi connectivity index (χ0) is 54.0. The molecule has 18 nitrogen and oxygen atoms in total. The molecule has 396 valence electrons. The Kier molecular flexibility index (Phi) is 17.0. The lowest BCUT2D eigenvalue weighted by Crippen LogP contribution is -2.53. The van der Waals surface area contributed by atoms with Crippen molar-refractivity contribution in [3.05, 3.63) is 126 Å². The number of benzene rings is 4. The molecule has 76 heavy (non-hydrogen) atoms. The van der Waals surface area contributed by atoms with Crippen molar-refractivity contribution in [2.75, 3.05) is 46.1 Å². The molecule has 8 rings (SSSR count). The molecule has 3 N–H and O–H groups in total. The average Bonchev–Trinajstić information content (AvgIpc) is 4.06. The van der Waals surface area contributed by atoms with Crippen molar-refractivity contribution in [1.29, 1.82) is 0 Å². The Morgan fingerprint density at radius 3 is 2.16 bits per heavy atom. The number of methoxy groups -OCH3 is 2. The Morgan fingerprint density at radius 1 is 0.816 bits per heavy atom. The summed E-state index contributed by atoms with van der Waals surface area (Å²) in [5, 5.41) is 8.00. The van der Waals surface area contributed by atoms with Gasteiger partial charge < -0.3 is 54.0 Å². The number of anilines is 1. The van der Waals surface area contributed by atoms with Gasteiger partial charge in [-0.3, -0.25) is 29.2 Å². The van der Waals surface area contributed by atoms with Gasteiger partial charge in [-0.25, -0.2) is 4.79 Å². The number of alkyl carbamates (subject to hydrolysis) is 1. The van der Waals surface area contributed by atoms with E-state index in [1.165, 1.54) is 20.3 Å². The zero-order valence-corrected chi connectivity index (χ0v) is 43.4. The first-order chi connectivity index (χ1) is 36.7. The van der Waals surface area contributed by atoms with Crippen molar-refractivity contribution in [2.24, 2.45) is 21.8 Å². The van der Waals surface area contributed by atoms with E-state index >= 15 is 0 Å². The second-order valence-corrected chi connectivity index (χ2v) is 18.8. The van der Waals surface area contributed by atoms with Crippen molar-refractivity contribution >= 4 is 70.2 Å². The molecule has 0 bridgehead atoms. The van der Waals surface area contributed by atoms with Crippen LogP contribution in [0.1, 0.15) is 85.2 Å². The molecule has 0 fully saturated rings. The van der Waals surface area contributed by atoms with Gasteiger partial charge in [-0.2, -0.15) is 0 Å². The van der Waals surface area contributed by atoms with Gasteiger partial charge in [-0.05, 0) is 96.9 Å². The summed E-state index contributed by atoms with van der Waals surface area (Å²) in [6.45, 7) is 15.4. The largest absolute Gasteiger partial charge is 0.493 e. The molecule has 0 saturated heterocycles. The highest BCUT2D eigenvalue weighted by Crippen LogP contribution is 2.42. The number of rotatable bonds is 20. The van der Waals surface area contributed by atoms with Crippen molar-refractivity contribution in [2.45, 2.75) is 71.5 Å². The molecule has 18 heteroatoms. The molecule has 0 aromatic heterocycles. The number of carbonyl (C=O) groups excluding carboxylic acids is 5. The molecule has 4 amide bonds. The maximum Gasteiger partial charge on any atom is 0.408 e. The van der Waals surface area contributed by atoms with Crippen molar-refractivity contribution in [1.82, 2.24) is 15.5 Å². The van der Waals surface area contributed by atoms with Gasteiger partial charge in [0.1, 0.15) is 18.7 Å². The Hall–Kier alpha value is -8.67. The fourth-order valence-corrected chi connectivity index (χ4v) is 9.07. The topological polar surface area (TPSA) is 214 Å². The normalized spacial score (nSPS) is 17.2. The molecule has 0 spiro atoms. The fraction of sp³-hybridized carbons (Fsp3) is 0.328.